The molecule has 0 saturated carbocycles. The van der Waals surface area contributed by atoms with Crippen molar-refractivity contribution in [3.8, 4) is 11.3 Å². The van der Waals surface area contributed by atoms with Gasteiger partial charge in [0, 0.05) is 32.7 Å². The summed E-state index contributed by atoms with van der Waals surface area (Å²) in [6.45, 7) is 13.5. The highest BCUT2D eigenvalue weighted by Crippen LogP contribution is 2.27. The van der Waals surface area contributed by atoms with Gasteiger partial charge in [-0.2, -0.15) is 0 Å². The first-order valence-corrected chi connectivity index (χ1v) is 17.2. The van der Waals surface area contributed by atoms with Gasteiger partial charge in [-0.3, -0.25) is 19.3 Å². The molecular formula is C38H51FN6O5. The van der Waals surface area contributed by atoms with E-state index in [-0.39, 0.29) is 36.0 Å². The van der Waals surface area contributed by atoms with Crippen LogP contribution in [0.4, 0.5) is 9.18 Å². The molecule has 3 unspecified atom stereocenters. The Morgan fingerprint density at radius 2 is 1.70 bits per heavy atom. The van der Waals surface area contributed by atoms with E-state index < -0.39 is 35.1 Å². The average Bonchev–Trinajstić information content (AvgIpc) is 3.74. The monoisotopic (exact) mass is 690 g/mol. The molecule has 1 fully saturated rings. The lowest BCUT2D eigenvalue weighted by atomic mass is 9.85. The van der Waals surface area contributed by atoms with Crippen molar-refractivity contribution in [1.82, 2.24) is 30.0 Å². The Morgan fingerprint density at radius 1 is 1.04 bits per heavy atom. The molecule has 0 spiro atoms. The summed E-state index contributed by atoms with van der Waals surface area (Å²) in [5.74, 6) is -1.20. The van der Waals surface area contributed by atoms with Crippen molar-refractivity contribution in [3.63, 3.8) is 0 Å². The van der Waals surface area contributed by atoms with Gasteiger partial charge in [0.25, 0.3) is 5.91 Å². The second kappa shape index (κ2) is 15.9. The number of hydrogen-bond donors (Lipinski definition) is 2. The molecule has 50 heavy (non-hydrogen) atoms. The number of aromatic amines is 1. The summed E-state index contributed by atoms with van der Waals surface area (Å²) in [6.07, 6.45) is 2.86. The van der Waals surface area contributed by atoms with E-state index in [2.05, 4.69) is 15.3 Å². The second-order valence-corrected chi connectivity index (χ2v) is 15.0. The molecule has 4 amide bonds. The quantitative estimate of drug-likeness (QED) is 0.267. The molecular weight excluding hydrogens is 639 g/mol. The first kappa shape index (κ1) is 38.1. The molecule has 1 aliphatic heterocycles. The van der Waals surface area contributed by atoms with E-state index in [0.29, 0.717) is 31.6 Å². The van der Waals surface area contributed by atoms with Crippen molar-refractivity contribution in [2.24, 2.45) is 5.41 Å². The van der Waals surface area contributed by atoms with E-state index in [1.807, 2.05) is 51.1 Å². The molecule has 11 nitrogen and oxygen atoms in total. The van der Waals surface area contributed by atoms with Gasteiger partial charge in [-0.1, -0.05) is 63.2 Å². The molecule has 1 aliphatic rings. The van der Waals surface area contributed by atoms with Crippen molar-refractivity contribution in [1.29, 1.82) is 0 Å². The van der Waals surface area contributed by atoms with Gasteiger partial charge >= 0.3 is 6.09 Å². The van der Waals surface area contributed by atoms with Crippen LogP contribution in [0.5, 0.6) is 0 Å². The molecule has 3 atom stereocenters. The van der Waals surface area contributed by atoms with Crippen LogP contribution < -0.4 is 5.32 Å². The Kier molecular flexibility index (Phi) is 12.1. The number of hydrogen-bond acceptors (Lipinski definition) is 6. The number of H-pyrrole nitrogens is 1. The molecule has 0 bridgehead atoms. The molecule has 2 N–H and O–H groups in total. The highest BCUT2D eigenvalue weighted by molar-refractivity contribution is 5.93. The Bertz CT molecular complexity index is 1630. The number of nitrogens with one attached hydrogen (secondary N) is 2. The molecule has 0 radical (unpaired) electrons. The molecule has 1 aromatic heterocycles. The summed E-state index contributed by atoms with van der Waals surface area (Å²) in [5.41, 5.74) is 1.08. The standard InChI is InChI=1S/C38H51FN6O5/c1-25(43(8)36(49)50-38(5,6)7)33(46)42-31(37(2,3)4)34(47)45-21-12-15-29(45)24-44(22-20-26-16-18-28(39)19-17-26)35(48)32-40-23-30(41-32)27-13-10-9-11-14-27/h9-11,13-14,16-19,23,25,29,31H,12,15,20-22,24H2,1-8H3,(H,40,41)(H,42,46). The fourth-order valence-corrected chi connectivity index (χ4v) is 5.85. The summed E-state index contributed by atoms with van der Waals surface area (Å²) < 4.78 is 19.0. The van der Waals surface area contributed by atoms with Crippen LogP contribution in [-0.4, -0.2) is 98.9 Å². The molecule has 3 aromatic rings. The zero-order valence-corrected chi connectivity index (χ0v) is 30.5. The maximum Gasteiger partial charge on any atom is 0.410 e. The molecule has 0 aliphatic carbocycles. The first-order chi connectivity index (χ1) is 23.4. The maximum atomic E-state index is 14.3. The largest absolute Gasteiger partial charge is 0.444 e. The van der Waals surface area contributed by atoms with Crippen LogP contribution in [0.15, 0.2) is 60.8 Å². The lowest BCUT2D eigenvalue weighted by molar-refractivity contribution is -0.141. The van der Waals surface area contributed by atoms with E-state index in [0.717, 1.165) is 17.5 Å². The number of carbonyl (C=O) groups is 4. The second-order valence-electron chi connectivity index (χ2n) is 15.0. The van der Waals surface area contributed by atoms with Crippen LogP contribution in [0.2, 0.25) is 0 Å². The summed E-state index contributed by atoms with van der Waals surface area (Å²) in [4.78, 5) is 66.7. The Hall–Kier alpha value is -4.74. The first-order valence-electron chi connectivity index (χ1n) is 17.2. The van der Waals surface area contributed by atoms with Gasteiger partial charge in [-0.15, -0.1) is 0 Å². The van der Waals surface area contributed by atoms with E-state index >= 15 is 0 Å². The van der Waals surface area contributed by atoms with E-state index in [9.17, 15) is 23.6 Å². The van der Waals surface area contributed by atoms with Gasteiger partial charge in [-0.05, 0) is 75.6 Å². The molecule has 2 aromatic carbocycles. The van der Waals surface area contributed by atoms with Crippen molar-refractivity contribution in [2.45, 2.75) is 91.5 Å². The minimum Gasteiger partial charge on any atom is -0.444 e. The van der Waals surface area contributed by atoms with E-state index in [4.69, 9.17) is 4.74 Å². The third kappa shape index (κ3) is 9.92. The minimum atomic E-state index is -0.898. The van der Waals surface area contributed by atoms with E-state index in [1.165, 1.54) is 24.1 Å². The molecule has 4 rings (SSSR count). The fourth-order valence-electron chi connectivity index (χ4n) is 5.85. The van der Waals surface area contributed by atoms with Crippen LogP contribution in [0.3, 0.4) is 0 Å². The van der Waals surface area contributed by atoms with Gasteiger partial charge in [-0.25, -0.2) is 14.2 Å². The van der Waals surface area contributed by atoms with Crippen molar-refractivity contribution >= 4 is 23.8 Å². The number of likely N-dealkylation sites (N-methyl/N-ethyl adjacent to an activating group) is 1. The summed E-state index contributed by atoms with van der Waals surface area (Å²) in [6, 6.07) is 13.7. The maximum absolute atomic E-state index is 14.3. The van der Waals surface area contributed by atoms with Gasteiger partial charge < -0.3 is 24.8 Å². The number of nitrogens with zero attached hydrogens (tertiary/aromatic N) is 4. The number of ether oxygens (including phenoxy) is 1. The lowest BCUT2D eigenvalue weighted by Gasteiger charge is -2.38. The minimum absolute atomic E-state index is 0.182. The zero-order chi connectivity index (χ0) is 36.8. The van der Waals surface area contributed by atoms with Gasteiger partial charge in [0.1, 0.15) is 23.5 Å². The number of aromatic nitrogens is 2. The fraction of sp³-hybridized carbons (Fsp3) is 0.500. The predicted molar refractivity (Wildman–Crippen MR) is 190 cm³/mol. The summed E-state index contributed by atoms with van der Waals surface area (Å²) >= 11 is 0. The van der Waals surface area contributed by atoms with Crippen LogP contribution in [0.25, 0.3) is 11.3 Å². The number of likely N-dealkylation sites (tertiary alicyclic amines) is 1. The highest BCUT2D eigenvalue weighted by Gasteiger charge is 2.41. The number of benzene rings is 2. The Balaban J connectivity index is 1.53. The van der Waals surface area contributed by atoms with Crippen LogP contribution >= 0.6 is 0 Å². The molecule has 2 heterocycles. The molecule has 12 heteroatoms. The number of halogens is 1. The number of amides is 4. The van der Waals surface area contributed by atoms with Gasteiger partial charge in [0.2, 0.25) is 11.8 Å². The van der Waals surface area contributed by atoms with Crippen molar-refractivity contribution < 1.29 is 28.3 Å². The molecule has 270 valence electrons. The Morgan fingerprint density at radius 3 is 2.32 bits per heavy atom. The number of imidazole rings is 1. The zero-order valence-electron chi connectivity index (χ0n) is 30.5. The summed E-state index contributed by atoms with van der Waals surface area (Å²) in [5, 5.41) is 2.92. The predicted octanol–water partition coefficient (Wildman–Crippen LogP) is 5.68. The normalized spacial score (nSPS) is 16.0. The SMILES string of the molecule is CC(C(=O)NC(C(=O)N1CCCC1CN(CCc1ccc(F)cc1)C(=O)c1ncc(-c2ccccc2)[nH]1)C(C)(C)C)N(C)C(=O)OC(C)(C)C. The number of rotatable bonds is 11. The number of carbonyl (C=O) groups excluding carboxylic acids is 4. The topological polar surface area (TPSA) is 128 Å². The van der Waals surface area contributed by atoms with Crippen molar-refractivity contribution in [3.05, 3.63) is 78.0 Å². The smallest absolute Gasteiger partial charge is 0.410 e. The highest BCUT2D eigenvalue weighted by atomic mass is 19.1. The van der Waals surface area contributed by atoms with Gasteiger partial charge in [0.05, 0.1) is 11.9 Å². The Labute approximate surface area is 294 Å². The van der Waals surface area contributed by atoms with Gasteiger partial charge in [0.15, 0.2) is 5.82 Å². The van der Waals surface area contributed by atoms with Crippen LogP contribution in [-0.2, 0) is 20.7 Å². The van der Waals surface area contributed by atoms with E-state index in [1.54, 1.807) is 55.8 Å². The third-order valence-corrected chi connectivity index (χ3v) is 8.87. The lowest BCUT2D eigenvalue weighted by Crippen LogP contribution is -2.59. The average molecular weight is 691 g/mol. The molecule has 1 saturated heterocycles. The summed E-state index contributed by atoms with van der Waals surface area (Å²) in [7, 11) is 1.49. The van der Waals surface area contributed by atoms with Crippen LogP contribution in [0, 0.1) is 11.2 Å². The third-order valence-electron chi connectivity index (χ3n) is 8.87. The van der Waals surface area contributed by atoms with Crippen molar-refractivity contribution in [2.75, 3.05) is 26.7 Å². The van der Waals surface area contributed by atoms with Crippen LogP contribution in [0.1, 0.15) is 77.5 Å².